The molecule has 1 saturated carbocycles. The van der Waals surface area contributed by atoms with Crippen LogP contribution in [0.25, 0.3) is 0 Å². The lowest BCUT2D eigenvalue weighted by atomic mass is 9.68. The SMILES string of the molecule is C#CC1(O)CCC(C(C)(C)C)CC1. The molecule has 0 bridgehead atoms. The summed E-state index contributed by atoms with van der Waals surface area (Å²) in [5.41, 5.74) is -0.447. The molecule has 0 spiro atoms. The first-order chi connectivity index (χ1) is 5.87. The van der Waals surface area contributed by atoms with Gasteiger partial charge in [0.05, 0.1) is 0 Å². The van der Waals surface area contributed by atoms with Crippen molar-refractivity contribution in [2.75, 3.05) is 0 Å². The molecule has 1 aliphatic rings. The Kier molecular flexibility index (Phi) is 2.73. The molecule has 1 nitrogen and oxygen atoms in total. The summed E-state index contributed by atoms with van der Waals surface area (Å²) in [7, 11) is 0. The number of hydrogen-bond donors (Lipinski definition) is 1. The van der Waals surface area contributed by atoms with E-state index in [9.17, 15) is 5.11 Å². The van der Waals surface area contributed by atoms with Crippen molar-refractivity contribution in [3.05, 3.63) is 0 Å². The third-order valence-corrected chi connectivity index (χ3v) is 3.31. The Bertz CT molecular complexity index is 208. The molecule has 0 radical (unpaired) electrons. The summed E-state index contributed by atoms with van der Waals surface area (Å²) in [6, 6.07) is 0. The molecule has 74 valence electrons. The summed E-state index contributed by atoms with van der Waals surface area (Å²) in [5.74, 6) is 3.22. The molecule has 0 atom stereocenters. The smallest absolute Gasteiger partial charge is 0.125 e. The minimum absolute atomic E-state index is 0.357. The third-order valence-electron chi connectivity index (χ3n) is 3.31. The van der Waals surface area contributed by atoms with Gasteiger partial charge in [0.1, 0.15) is 5.60 Å². The van der Waals surface area contributed by atoms with Crippen LogP contribution in [0.2, 0.25) is 0 Å². The van der Waals surface area contributed by atoms with Gasteiger partial charge in [0.25, 0.3) is 0 Å². The van der Waals surface area contributed by atoms with Crippen LogP contribution in [-0.2, 0) is 0 Å². The first-order valence-electron chi connectivity index (χ1n) is 5.07. The van der Waals surface area contributed by atoms with Gasteiger partial charge in [-0.25, -0.2) is 0 Å². The van der Waals surface area contributed by atoms with Gasteiger partial charge < -0.3 is 5.11 Å². The maximum atomic E-state index is 9.83. The van der Waals surface area contributed by atoms with Crippen molar-refractivity contribution in [2.45, 2.75) is 52.1 Å². The summed E-state index contributed by atoms with van der Waals surface area (Å²) in [6.45, 7) is 6.79. The minimum Gasteiger partial charge on any atom is -0.378 e. The van der Waals surface area contributed by atoms with Crippen LogP contribution in [0.1, 0.15) is 46.5 Å². The fourth-order valence-electron chi connectivity index (χ4n) is 2.11. The zero-order valence-electron chi connectivity index (χ0n) is 8.93. The predicted molar refractivity (Wildman–Crippen MR) is 55.2 cm³/mol. The quantitative estimate of drug-likeness (QED) is 0.568. The maximum Gasteiger partial charge on any atom is 0.125 e. The van der Waals surface area contributed by atoms with Crippen molar-refractivity contribution < 1.29 is 5.11 Å². The van der Waals surface area contributed by atoms with Gasteiger partial charge in [0, 0.05) is 0 Å². The van der Waals surface area contributed by atoms with Crippen LogP contribution in [-0.4, -0.2) is 10.7 Å². The fraction of sp³-hybridized carbons (Fsp3) is 0.833. The van der Waals surface area contributed by atoms with Crippen molar-refractivity contribution in [2.24, 2.45) is 11.3 Å². The summed E-state index contributed by atoms with van der Waals surface area (Å²) < 4.78 is 0. The molecule has 1 N–H and O–H groups in total. The van der Waals surface area contributed by atoms with Gasteiger partial charge in [0.2, 0.25) is 0 Å². The van der Waals surface area contributed by atoms with E-state index in [0.29, 0.717) is 11.3 Å². The molecule has 1 heteroatoms. The maximum absolute atomic E-state index is 9.83. The molecule has 1 rings (SSSR count). The van der Waals surface area contributed by atoms with E-state index in [2.05, 4.69) is 26.7 Å². The molecule has 1 fully saturated rings. The number of hydrogen-bond acceptors (Lipinski definition) is 1. The van der Waals surface area contributed by atoms with Crippen LogP contribution in [0, 0.1) is 23.7 Å². The normalized spacial score (nSPS) is 35.5. The first-order valence-corrected chi connectivity index (χ1v) is 5.07. The topological polar surface area (TPSA) is 20.2 Å². The molecule has 1 aliphatic carbocycles. The molecule has 0 amide bonds. The zero-order chi connectivity index (χ0) is 10.1. The lowest BCUT2D eigenvalue weighted by molar-refractivity contribution is 0.0214. The van der Waals surface area contributed by atoms with E-state index in [-0.39, 0.29) is 0 Å². The van der Waals surface area contributed by atoms with Crippen molar-refractivity contribution >= 4 is 0 Å². The summed E-state index contributed by atoms with van der Waals surface area (Å²) in [6.07, 6.45) is 8.95. The van der Waals surface area contributed by atoms with Gasteiger partial charge in [-0.3, -0.25) is 0 Å². The highest BCUT2D eigenvalue weighted by molar-refractivity contribution is 5.09. The average molecular weight is 180 g/mol. The fourth-order valence-corrected chi connectivity index (χ4v) is 2.11. The Hall–Kier alpha value is -0.480. The van der Waals surface area contributed by atoms with E-state index >= 15 is 0 Å². The summed E-state index contributed by atoms with van der Waals surface area (Å²) in [4.78, 5) is 0. The van der Waals surface area contributed by atoms with Crippen LogP contribution in [0.4, 0.5) is 0 Å². The van der Waals surface area contributed by atoms with Gasteiger partial charge in [-0.2, -0.15) is 0 Å². The second kappa shape index (κ2) is 3.35. The van der Waals surface area contributed by atoms with Crippen molar-refractivity contribution in [1.29, 1.82) is 0 Å². The Balaban J connectivity index is 2.54. The Morgan fingerprint density at radius 3 is 2.08 bits per heavy atom. The molecule has 0 aromatic rings. The lowest BCUT2D eigenvalue weighted by Gasteiger charge is -2.39. The Morgan fingerprint density at radius 1 is 1.31 bits per heavy atom. The summed E-state index contributed by atoms with van der Waals surface area (Å²) >= 11 is 0. The lowest BCUT2D eigenvalue weighted by Crippen LogP contribution is -2.36. The van der Waals surface area contributed by atoms with E-state index in [4.69, 9.17) is 6.42 Å². The standard InChI is InChI=1S/C12H20O/c1-5-12(13)8-6-10(7-9-12)11(2,3)4/h1,10,13H,6-9H2,2-4H3. The van der Waals surface area contributed by atoms with Crippen LogP contribution >= 0.6 is 0 Å². The molecule has 0 saturated heterocycles. The molecule has 0 aromatic carbocycles. The molecule has 0 aliphatic heterocycles. The van der Waals surface area contributed by atoms with Gasteiger partial charge in [-0.15, -0.1) is 6.42 Å². The molecule has 0 aromatic heterocycles. The molecular formula is C12H20O. The number of terminal acetylenes is 1. The number of aliphatic hydroxyl groups is 1. The second-order valence-corrected chi connectivity index (χ2v) is 5.32. The number of rotatable bonds is 0. The highest BCUT2D eigenvalue weighted by Gasteiger charge is 2.35. The zero-order valence-corrected chi connectivity index (χ0v) is 8.93. The van der Waals surface area contributed by atoms with Gasteiger partial charge in [-0.1, -0.05) is 26.7 Å². The minimum atomic E-state index is -0.804. The largest absolute Gasteiger partial charge is 0.378 e. The van der Waals surface area contributed by atoms with Crippen LogP contribution in [0.5, 0.6) is 0 Å². The highest BCUT2D eigenvalue weighted by atomic mass is 16.3. The van der Waals surface area contributed by atoms with Crippen molar-refractivity contribution in [1.82, 2.24) is 0 Å². The van der Waals surface area contributed by atoms with E-state index in [0.717, 1.165) is 25.7 Å². The van der Waals surface area contributed by atoms with Gasteiger partial charge in [0.15, 0.2) is 0 Å². The van der Waals surface area contributed by atoms with E-state index in [1.807, 2.05) is 0 Å². The summed E-state index contributed by atoms with van der Waals surface area (Å²) in [5, 5.41) is 9.83. The van der Waals surface area contributed by atoms with Crippen LogP contribution in [0.3, 0.4) is 0 Å². The van der Waals surface area contributed by atoms with Gasteiger partial charge >= 0.3 is 0 Å². The predicted octanol–water partition coefficient (Wildman–Crippen LogP) is 2.59. The average Bonchev–Trinajstić information content (AvgIpc) is 2.04. The van der Waals surface area contributed by atoms with E-state index < -0.39 is 5.60 Å². The molecule has 0 unspecified atom stereocenters. The van der Waals surface area contributed by atoms with E-state index in [1.54, 1.807) is 0 Å². The van der Waals surface area contributed by atoms with Gasteiger partial charge in [-0.05, 0) is 37.0 Å². The molecular weight excluding hydrogens is 160 g/mol. The van der Waals surface area contributed by atoms with Crippen molar-refractivity contribution in [3.8, 4) is 12.3 Å². The third kappa shape index (κ3) is 2.48. The molecule has 0 heterocycles. The van der Waals surface area contributed by atoms with Crippen LogP contribution in [0.15, 0.2) is 0 Å². The van der Waals surface area contributed by atoms with E-state index in [1.165, 1.54) is 0 Å². The molecule has 13 heavy (non-hydrogen) atoms. The van der Waals surface area contributed by atoms with Crippen molar-refractivity contribution in [3.63, 3.8) is 0 Å². The first kappa shape index (κ1) is 10.6. The highest BCUT2D eigenvalue weighted by Crippen LogP contribution is 2.40. The Morgan fingerprint density at radius 2 is 1.77 bits per heavy atom. The monoisotopic (exact) mass is 180 g/mol. The Labute approximate surface area is 81.5 Å². The van der Waals surface area contributed by atoms with Crippen LogP contribution < -0.4 is 0 Å². The second-order valence-electron chi connectivity index (χ2n) is 5.32.